The molecule has 1 atom stereocenters. The van der Waals surface area contributed by atoms with Gasteiger partial charge >= 0.3 is 5.97 Å². The summed E-state index contributed by atoms with van der Waals surface area (Å²) in [6.45, 7) is 5.57. The lowest BCUT2D eigenvalue weighted by molar-refractivity contribution is -0.147. The molecular weight excluding hydrogens is 310 g/mol. The SMILES string of the molecule is CC.COC(=O)C(C)Oc1cc(Cl)c(CCl)c(Cl)c1. The fourth-order valence-corrected chi connectivity index (χ4v) is 2.22. The molecule has 0 amide bonds. The fourth-order valence-electron chi connectivity index (χ4n) is 1.19. The molecule has 1 aromatic carbocycles. The van der Waals surface area contributed by atoms with E-state index in [0.717, 1.165) is 0 Å². The summed E-state index contributed by atoms with van der Waals surface area (Å²) in [4.78, 5) is 11.2. The van der Waals surface area contributed by atoms with Crippen molar-refractivity contribution < 1.29 is 14.3 Å². The number of hydrogen-bond acceptors (Lipinski definition) is 3. The van der Waals surface area contributed by atoms with Crippen LogP contribution in [0.25, 0.3) is 0 Å². The quantitative estimate of drug-likeness (QED) is 0.594. The summed E-state index contributed by atoms with van der Waals surface area (Å²) in [5.41, 5.74) is 0.632. The van der Waals surface area contributed by atoms with Gasteiger partial charge in [-0.1, -0.05) is 37.0 Å². The topological polar surface area (TPSA) is 35.5 Å². The number of methoxy groups -OCH3 is 1. The Kier molecular flexibility index (Phi) is 8.98. The Bertz CT molecular complexity index is 399. The summed E-state index contributed by atoms with van der Waals surface area (Å²) in [6.07, 6.45) is -0.728. The van der Waals surface area contributed by atoms with Crippen molar-refractivity contribution in [3.63, 3.8) is 0 Å². The highest BCUT2D eigenvalue weighted by molar-refractivity contribution is 6.37. The van der Waals surface area contributed by atoms with Crippen molar-refractivity contribution >= 4 is 40.8 Å². The molecule has 0 aliphatic heterocycles. The van der Waals surface area contributed by atoms with Gasteiger partial charge in [0.25, 0.3) is 0 Å². The number of esters is 1. The van der Waals surface area contributed by atoms with Gasteiger partial charge in [-0.25, -0.2) is 4.79 Å². The van der Waals surface area contributed by atoms with Crippen LogP contribution in [0.4, 0.5) is 0 Å². The number of rotatable bonds is 4. The number of carbonyl (C=O) groups is 1. The Balaban J connectivity index is 0.00000154. The van der Waals surface area contributed by atoms with E-state index in [-0.39, 0.29) is 5.88 Å². The number of benzene rings is 1. The van der Waals surface area contributed by atoms with E-state index in [9.17, 15) is 4.79 Å². The third kappa shape index (κ3) is 5.47. The number of alkyl halides is 1. The van der Waals surface area contributed by atoms with E-state index >= 15 is 0 Å². The lowest BCUT2D eigenvalue weighted by Gasteiger charge is -2.14. The average molecular weight is 328 g/mol. The molecule has 0 N–H and O–H groups in total. The van der Waals surface area contributed by atoms with Crippen molar-refractivity contribution in [2.75, 3.05) is 7.11 Å². The molecule has 0 saturated carbocycles. The lowest BCUT2D eigenvalue weighted by Crippen LogP contribution is -2.24. The predicted octanol–water partition coefficient (Wildman–Crippen LogP) is 4.70. The van der Waals surface area contributed by atoms with Gasteiger partial charge in [0, 0.05) is 5.56 Å². The lowest BCUT2D eigenvalue weighted by atomic mass is 10.2. The Morgan fingerprint density at radius 1 is 1.26 bits per heavy atom. The molecule has 0 bridgehead atoms. The largest absolute Gasteiger partial charge is 0.479 e. The van der Waals surface area contributed by atoms with Crippen LogP contribution in [0.5, 0.6) is 5.75 Å². The van der Waals surface area contributed by atoms with Crippen LogP contribution in [0.2, 0.25) is 10.0 Å². The smallest absolute Gasteiger partial charge is 0.346 e. The van der Waals surface area contributed by atoms with E-state index in [2.05, 4.69) is 4.74 Å². The molecule has 0 saturated heterocycles. The summed E-state index contributed by atoms with van der Waals surface area (Å²) in [5.74, 6) is 0.134. The maximum Gasteiger partial charge on any atom is 0.346 e. The number of hydrogen-bond donors (Lipinski definition) is 0. The van der Waals surface area contributed by atoms with Gasteiger partial charge in [-0.15, -0.1) is 11.6 Å². The minimum absolute atomic E-state index is 0.213. The molecule has 0 heterocycles. The first-order chi connectivity index (χ1) is 8.99. The summed E-state index contributed by atoms with van der Waals surface area (Å²) >= 11 is 17.6. The van der Waals surface area contributed by atoms with Crippen molar-refractivity contribution in [3.8, 4) is 5.75 Å². The van der Waals surface area contributed by atoms with Crippen LogP contribution in [0.3, 0.4) is 0 Å². The molecule has 0 fully saturated rings. The normalized spacial score (nSPS) is 11.1. The van der Waals surface area contributed by atoms with E-state index in [4.69, 9.17) is 39.5 Å². The van der Waals surface area contributed by atoms with Gasteiger partial charge in [-0.05, 0) is 19.1 Å². The molecule has 0 aliphatic rings. The number of ether oxygens (including phenoxy) is 2. The molecule has 1 aromatic rings. The minimum Gasteiger partial charge on any atom is -0.479 e. The van der Waals surface area contributed by atoms with E-state index < -0.39 is 12.1 Å². The van der Waals surface area contributed by atoms with Crippen LogP contribution < -0.4 is 4.74 Å². The standard InChI is InChI=1S/C11H11Cl3O3.C2H6/c1-6(11(15)16-2)17-7-3-9(13)8(5-12)10(14)4-7;1-2/h3-4,6H,5H2,1-2H3;1-2H3. The first kappa shape index (κ1) is 18.4. The fraction of sp³-hybridized carbons (Fsp3) is 0.462. The van der Waals surface area contributed by atoms with Gasteiger partial charge in [-0.3, -0.25) is 0 Å². The van der Waals surface area contributed by atoms with E-state index in [1.807, 2.05) is 13.8 Å². The third-order valence-electron chi connectivity index (χ3n) is 2.09. The summed E-state index contributed by atoms with van der Waals surface area (Å²) in [5, 5.41) is 0.805. The zero-order chi connectivity index (χ0) is 15.0. The van der Waals surface area contributed by atoms with Gasteiger partial charge in [0.2, 0.25) is 0 Å². The van der Waals surface area contributed by atoms with Crippen molar-refractivity contribution in [3.05, 3.63) is 27.7 Å². The highest BCUT2D eigenvalue weighted by atomic mass is 35.5. The summed E-state index contributed by atoms with van der Waals surface area (Å²) < 4.78 is 9.88. The predicted molar refractivity (Wildman–Crippen MR) is 79.5 cm³/mol. The van der Waals surface area contributed by atoms with E-state index in [0.29, 0.717) is 21.4 Å². The molecule has 19 heavy (non-hydrogen) atoms. The molecule has 1 unspecified atom stereocenters. The third-order valence-corrected chi connectivity index (χ3v) is 3.04. The molecular formula is C13H17Cl3O3. The van der Waals surface area contributed by atoms with Crippen molar-refractivity contribution in [2.24, 2.45) is 0 Å². The van der Waals surface area contributed by atoms with Crippen LogP contribution in [-0.2, 0) is 15.4 Å². The van der Waals surface area contributed by atoms with Crippen LogP contribution in [0.15, 0.2) is 12.1 Å². The Morgan fingerprint density at radius 3 is 2.11 bits per heavy atom. The zero-order valence-electron chi connectivity index (χ0n) is 11.3. The summed E-state index contributed by atoms with van der Waals surface area (Å²) in [6, 6.07) is 3.12. The van der Waals surface area contributed by atoms with Crippen molar-refractivity contribution in [2.45, 2.75) is 32.8 Å². The molecule has 108 valence electrons. The average Bonchev–Trinajstić information content (AvgIpc) is 2.39. The van der Waals surface area contributed by atoms with Crippen LogP contribution >= 0.6 is 34.8 Å². The Labute approximate surface area is 128 Å². The van der Waals surface area contributed by atoms with Gasteiger partial charge < -0.3 is 9.47 Å². The summed E-state index contributed by atoms with van der Waals surface area (Å²) in [7, 11) is 1.29. The van der Waals surface area contributed by atoms with Crippen LogP contribution in [0.1, 0.15) is 26.3 Å². The molecule has 1 rings (SSSR count). The van der Waals surface area contributed by atoms with E-state index in [1.165, 1.54) is 7.11 Å². The first-order valence-corrected chi connectivity index (χ1v) is 7.07. The van der Waals surface area contributed by atoms with Crippen molar-refractivity contribution in [1.29, 1.82) is 0 Å². The monoisotopic (exact) mass is 326 g/mol. The van der Waals surface area contributed by atoms with Gasteiger partial charge in [-0.2, -0.15) is 0 Å². The molecule has 3 nitrogen and oxygen atoms in total. The molecule has 0 radical (unpaired) electrons. The van der Waals surface area contributed by atoms with E-state index in [1.54, 1.807) is 19.1 Å². The second kappa shape index (κ2) is 9.29. The number of carbonyl (C=O) groups excluding carboxylic acids is 1. The van der Waals surface area contributed by atoms with Crippen LogP contribution in [-0.4, -0.2) is 19.2 Å². The minimum atomic E-state index is -0.728. The second-order valence-corrected chi connectivity index (χ2v) is 4.36. The number of halogens is 3. The molecule has 0 aliphatic carbocycles. The second-order valence-electron chi connectivity index (χ2n) is 3.28. The zero-order valence-corrected chi connectivity index (χ0v) is 13.6. The Morgan fingerprint density at radius 2 is 1.74 bits per heavy atom. The Hall–Kier alpha value is -0.640. The van der Waals surface area contributed by atoms with Gasteiger partial charge in [0.1, 0.15) is 5.75 Å². The molecule has 0 aromatic heterocycles. The maximum absolute atomic E-state index is 11.2. The van der Waals surface area contributed by atoms with Crippen LogP contribution in [0, 0.1) is 0 Å². The van der Waals surface area contributed by atoms with Gasteiger partial charge in [0.05, 0.1) is 23.0 Å². The van der Waals surface area contributed by atoms with Crippen molar-refractivity contribution in [1.82, 2.24) is 0 Å². The maximum atomic E-state index is 11.2. The molecule has 6 heteroatoms. The molecule has 0 spiro atoms. The van der Waals surface area contributed by atoms with Gasteiger partial charge in [0.15, 0.2) is 6.10 Å². The highest BCUT2D eigenvalue weighted by Crippen LogP contribution is 2.31. The highest BCUT2D eigenvalue weighted by Gasteiger charge is 2.16. The first-order valence-electron chi connectivity index (χ1n) is 5.78.